The highest BCUT2D eigenvalue weighted by atomic mass is 32.2. The van der Waals surface area contributed by atoms with Crippen molar-refractivity contribution in [3.05, 3.63) is 60.2 Å². The van der Waals surface area contributed by atoms with Gasteiger partial charge in [-0.3, -0.25) is 9.69 Å². The number of hydrogen-bond donors (Lipinski definition) is 3. The minimum absolute atomic E-state index is 0.00905. The molecule has 12 heteroatoms. The van der Waals surface area contributed by atoms with Crippen molar-refractivity contribution in [3.8, 4) is 5.75 Å². The smallest absolute Gasteiger partial charge is 0.407 e. The third-order valence-electron chi connectivity index (χ3n) is 7.98. The number of ether oxygens (including phenoxy) is 2. The molecule has 0 spiro atoms. The number of benzene rings is 2. The number of hydrogen-bond acceptors (Lipinski definition) is 8. The molecule has 5 atom stereocenters. The van der Waals surface area contributed by atoms with Gasteiger partial charge < -0.3 is 25.0 Å². The van der Waals surface area contributed by atoms with Crippen LogP contribution in [0, 0.1) is 5.92 Å². The fourth-order valence-corrected chi connectivity index (χ4v) is 7.50. The number of ketones is 1. The molecule has 0 saturated carbocycles. The average molecular weight is 590 g/mol. The van der Waals surface area contributed by atoms with Gasteiger partial charge in [-0.2, -0.15) is 4.31 Å². The van der Waals surface area contributed by atoms with Crippen molar-refractivity contribution < 1.29 is 37.7 Å². The van der Waals surface area contributed by atoms with Crippen molar-refractivity contribution in [2.45, 2.75) is 55.3 Å². The first-order valence-corrected chi connectivity index (χ1v) is 15.3. The first kappa shape index (κ1) is 30.9. The Balaban J connectivity index is 1.74. The van der Waals surface area contributed by atoms with E-state index in [2.05, 4.69) is 5.32 Å². The molecule has 2 aromatic carbocycles. The fourth-order valence-electron chi connectivity index (χ4n) is 5.79. The quantitative estimate of drug-likeness (QED) is 0.338. The largest absolute Gasteiger partial charge is 0.497 e. The number of methoxy groups -OCH3 is 1. The lowest BCUT2D eigenvalue weighted by atomic mass is 9.89. The van der Waals surface area contributed by atoms with E-state index in [1.165, 1.54) is 47.5 Å². The van der Waals surface area contributed by atoms with Gasteiger partial charge >= 0.3 is 6.09 Å². The molecule has 2 saturated heterocycles. The Morgan fingerprint density at radius 1 is 1.12 bits per heavy atom. The Bertz CT molecular complexity index is 1270. The van der Waals surface area contributed by atoms with E-state index < -0.39 is 52.8 Å². The SMILES string of the molecule is COc1ccc(S(=O)(=O)N(C[C@@H](O)[C@H](Cc2ccccc2)N(C(=O)O)C2CCOC2)C2CCNC[C@@H]2C(C)=O)cc1. The lowest BCUT2D eigenvalue weighted by Gasteiger charge is -2.42. The van der Waals surface area contributed by atoms with Gasteiger partial charge in [0.05, 0.1) is 36.8 Å². The van der Waals surface area contributed by atoms with E-state index in [9.17, 15) is 28.2 Å². The molecular weight excluding hydrogens is 550 g/mol. The highest BCUT2D eigenvalue weighted by molar-refractivity contribution is 7.89. The second-order valence-electron chi connectivity index (χ2n) is 10.6. The molecule has 3 N–H and O–H groups in total. The Labute approximate surface area is 241 Å². The van der Waals surface area contributed by atoms with Crippen LogP contribution in [-0.4, -0.2) is 104 Å². The zero-order valence-electron chi connectivity index (χ0n) is 23.4. The summed E-state index contributed by atoms with van der Waals surface area (Å²) in [5.74, 6) is -0.309. The van der Waals surface area contributed by atoms with Gasteiger partial charge in [-0.05, 0) is 62.6 Å². The van der Waals surface area contributed by atoms with Gasteiger partial charge in [0.1, 0.15) is 11.5 Å². The minimum atomic E-state index is -4.21. The maximum Gasteiger partial charge on any atom is 0.407 e. The number of amides is 1. The number of rotatable bonds is 12. The molecule has 224 valence electrons. The number of Topliss-reactive ketones (excluding diaryl/α,β-unsaturated/α-hetero) is 1. The van der Waals surface area contributed by atoms with Gasteiger partial charge in [0, 0.05) is 31.7 Å². The van der Waals surface area contributed by atoms with E-state index in [1.807, 2.05) is 30.3 Å². The number of aliphatic hydroxyl groups is 1. The molecule has 2 unspecified atom stereocenters. The zero-order chi connectivity index (χ0) is 29.6. The third-order valence-corrected chi connectivity index (χ3v) is 9.88. The van der Waals surface area contributed by atoms with Crippen LogP contribution in [0.15, 0.2) is 59.5 Å². The van der Waals surface area contributed by atoms with Crippen LogP contribution >= 0.6 is 0 Å². The van der Waals surface area contributed by atoms with E-state index in [0.29, 0.717) is 38.3 Å². The molecule has 0 bridgehead atoms. The molecule has 2 aliphatic rings. The number of nitrogens with one attached hydrogen (secondary N) is 1. The lowest BCUT2D eigenvalue weighted by Crippen LogP contribution is -2.59. The van der Waals surface area contributed by atoms with Crippen LogP contribution < -0.4 is 10.1 Å². The molecule has 41 heavy (non-hydrogen) atoms. The Hall–Kier alpha value is -3.03. The third kappa shape index (κ3) is 7.25. The average Bonchev–Trinajstić information content (AvgIpc) is 3.50. The number of carbonyl (C=O) groups excluding carboxylic acids is 1. The van der Waals surface area contributed by atoms with Gasteiger partial charge in [0.25, 0.3) is 0 Å². The summed E-state index contributed by atoms with van der Waals surface area (Å²) in [5.41, 5.74) is 0.801. The summed E-state index contributed by atoms with van der Waals surface area (Å²) in [6, 6.07) is 13.0. The molecule has 2 fully saturated rings. The normalized spacial score (nSPS) is 22.7. The van der Waals surface area contributed by atoms with Gasteiger partial charge in [-0.25, -0.2) is 13.2 Å². The zero-order valence-corrected chi connectivity index (χ0v) is 24.2. The van der Waals surface area contributed by atoms with E-state index in [1.54, 1.807) is 0 Å². The van der Waals surface area contributed by atoms with Crippen molar-refractivity contribution >= 4 is 21.9 Å². The molecule has 0 aliphatic carbocycles. The summed E-state index contributed by atoms with van der Waals surface area (Å²) < 4.78 is 40.2. The van der Waals surface area contributed by atoms with Crippen LogP contribution in [0.5, 0.6) is 5.75 Å². The topological polar surface area (TPSA) is 146 Å². The molecule has 4 rings (SSSR count). The van der Waals surface area contributed by atoms with Crippen LogP contribution in [0.2, 0.25) is 0 Å². The van der Waals surface area contributed by atoms with Crippen LogP contribution in [-0.2, 0) is 26.0 Å². The second-order valence-corrected chi connectivity index (χ2v) is 12.4. The highest BCUT2D eigenvalue weighted by Gasteiger charge is 2.44. The molecule has 0 aromatic heterocycles. The lowest BCUT2D eigenvalue weighted by molar-refractivity contribution is -0.123. The number of nitrogens with zero attached hydrogens (tertiary/aromatic N) is 2. The molecule has 2 aliphatic heterocycles. The number of piperidine rings is 1. The predicted octanol–water partition coefficient (Wildman–Crippen LogP) is 1.99. The minimum Gasteiger partial charge on any atom is -0.497 e. The van der Waals surface area contributed by atoms with Crippen molar-refractivity contribution in [2.75, 3.05) is 40.0 Å². The summed E-state index contributed by atoms with van der Waals surface area (Å²) in [6.07, 6.45) is -1.62. The fraction of sp³-hybridized carbons (Fsp3) is 0.517. The molecule has 1 amide bonds. The van der Waals surface area contributed by atoms with E-state index >= 15 is 0 Å². The maximum atomic E-state index is 14.2. The highest BCUT2D eigenvalue weighted by Crippen LogP contribution is 2.30. The number of carbonyl (C=O) groups is 2. The summed E-state index contributed by atoms with van der Waals surface area (Å²) in [4.78, 5) is 26.5. The van der Waals surface area contributed by atoms with Gasteiger partial charge in [-0.15, -0.1) is 0 Å². The van der Waals surface area contributed by atoms with Crippen molar-refractivity contribution in [1.29, 1.82) is 0 Å². The second kappa shape index (κ2) is 13.8. The molecule has 0 radical (unpaired) electrons. The van der Waals surface area contributed by atoms with Gasteiger partial charge in [-0.1, -0.05) is 30.3 Å². The molecule has 11 nitrogen and oxygen atoms in total. The monoisotopic (exact) mass is 589 g/mol. The van der Waals surface area contributed by atoms with Crippen molar-refractivity contribution in [1.82, 2.24) is 14.5 Å². The molecule has 2 aromatic rings. The maximum absolute atomic E-state index is 14.2. The van der Waals surface area contributed by atoms with Crippen molar-refractivity contribution in [3.63, 3.8) is 0 Å². The predicted molar refractivity (Wildman–Crippen MR) is 151 cm³/mol. The molecular formula is C29H39N3O8S. The van der Waals surface area contributed by atoms with Gasteiger partial charge in [0.15, 0.2) is 0 Å². The van der Waals surface area contributed by atoms with Crippen molar-refractivity contribution in [2.24, 2.45) is 5.92 Å². The standard InChI is InChI=1S/C29H39N3O8S/c1-20(33)25-17-30-14-12-26(25)31(41(37,38)24-10-8-23(39-2)9-11-24)18-28(34)27(16-21-6-4-3-5-7-21)32(29(35)36)22-13-15-40-19-22/h3-11,22,25-28,30,34H,12-19H2,1-2H3,(H,35,36)/t22?,25-,26?,27+,28-/m1/s1. The summed E-state index contributed by atoms with van der Waals surface area (Å²) in [5, 5.41) is 25.2. The first-order valence-electron chi connectivity index (χ1n) is 13.8. The summed E-state index contributed by atoms with van der Waals surface area (Å²) >= 11 is 0. The van der Waals surface area contributed by atoms with E-state index in [4.69, 9.17) is 9.47 Å². The Morgan fingerprint density at radius 3 is 2.41 bits per heavy atom. The molecule has 2 heterocycles. The summed E-state index contributed by atoms with van der Waals surface area (Å²) in [6.45, 7) is 2.43. The number of aliphatic hydroxyl groups excluding tert-OH is 1. The van der Waals surface area contributed by atoms with Gasteiger partial charge in [0.2, 0.25) is 10.0 Å². The first-order chi connectivity index (χ1) is 19.6. The van der Waals surface area contributed by atoms with Crippen LogP contribution in [0.1, 0.15) is 25.3 Å². The number of carboxylic acid groups (broad SMARTS) is 1. The Kier molecular flexibility index (Phi) is 10.4. The van der Waals surface area contributed by atoms with Crippen LogP contribution in [0.3, 0.4) is 0 Å². The summed E-state index contributed by atoms with van der Waals surface area (Å²) in [7, 11) is -2.73. The van der Waals surface area contributed by atoms with Crippen LogP contribution in [0.25, 0.3) is 0 Å². The van der Waals surface area contributed by atoms with E-state index in [0.717, 1.165) is 5.56 Å². The Morgan fingerprint density at radius 2 is 1.83 bits per heavy atom. The van der Waals surface area contributed by atoms with Crippen LogP contribution in [0.4, 0.5) is 4.79 Å². The van der Waals surface area contributed by atoms with E-state index in [-0.39, 0.29) is 23.7 Å². The number of sulfonamides is 1.